The molecule has 2 nitrogen and oxygen atoms in total. The van der Waals surface area contributed by atoms with Crippen LogP contribution in [0.5, 0.6) is 0 Å². The van der Waals surface area contributed by atoms with E-state index in [0.717, 1.165) is 0 Å². The number of benzene rings is 1. The van der Waals surface area contributed by atoms with E-state index in [-0.39, 0.29) is 18.0 Å². The van der Waals surface area contributed by atoms with Crippen LogP contribution in [0, 0.1) is 5.82 Å². The molecule has 1 aliphatic heterocycles. The molecule has 1 heterocycles. The zero-order valence-corrected chi connectivity index (χ0v) is 8.88. The largest absolute Gasteiger partial charge is 0.393 e. The predicted molar refractivity (Wildman–Crippen MR) is 55.3 cm³/mol. The van der Waals surface area contributed by atoms with Crippen LogP contribution in [-0.4, -0.2) is 17.8 Å². The number of aliphatic hydroxyl groups excluding tert-OH is 1. The first kappa shape index (κ1) is 10.9. The summed E-state index contributed by atoms with van der Waals surface area (Å²) < 4.78 is 18.5. The number of ether oxygens (including phenoxy) is 1. The normalized spacial score (nSPS) is 26.6. The highest BCUT2D eigenvalue weighted by Crippen LogP contribution is 2.30. The summed E-state index contributed by atoms with van der Waals surface area (Å²) in [5, 5.41) is 9.83. The maximum absolute atomic E-state index is 13.1. The van der Waals surface area contributed by atoms with E-state index in [9.17, 15) is 9.50 Å². The molecule has 0 aliphatic carbocycles. The van der Waals surface area contributed by atoms with Gasteiger partial charge in [-0.2, -0.15) is 0 Å². The van der Waals surface area contributed by atoms with E-state index in [4.69, 9.17) is 16.3 Å². The average molecular weight is 231 g/mol. The Morgan fingerprint density at radius 2 is 2.20 bits per heavy atom. The van der Waals surface area contributed by atoms with Crippen LogP contribution < -0.4 is 0 Å². The third kappa shape index (κ3) is 2.68. The highest BCUT2D eigenvalue weighted by molar-refractivity contribution is 6.30. The van der Waals surface area contributed by atoms with Gasteiger partial charge in [-0.25, -0.2) is 4.39 Å². The SMILES string of the molecule is OC1CCOC(c2cc(F)cc(Cl)c2)C1. The van der Waals surface area contributed by atoms with Crippen LogP contribution >= 0.6 is 11.6 Å². The molecule has 2 unspecified atom stereocenters. The summed E-state index contributed by atoms with van der Waals surface area (Å²) in [6, 6.07) is 4.33. The Kier molecular flexibility index (Phi) is 3.24. The lowest BCUT2D eigenvalue weighted by Gasteiger charge is -2.26. The maximum Gasteiger partial charge on any atom is 0.125 e. The molecule has 1 aromatic carbocycles. The quantitative estimate of drug-likeness (QED) is 0.804. The Labute approximate surface area is 92.6 Å². The standard InChI is InChI=1S/C11H12ClFO2/c12-8-3-7(4-9(13)5-8)11-6-10(14)1-2-15-11/h3-5,10-11,14H,1-2,6H2. The van der Waals surface area contributed by atoms with Crippen LogP contribution in [0.1, 0.15) is 24.5 Å². The van der Waals surface area contributed by atoms with Crippen molar-refractivity contribution >= 4 is 11.6 Å². The molecule has 0 bridgehead atoms. The van der Waals surface area contributed by atoms with Gasteiger partial charge < -0.3 is 9.84 Å². The van der Waals surface area contributed by atoms with Gasteiger partial charge in [0.05, 0.1) is 12.2 Å². The minimum absolute atomic E-state index is 0.248. The molecule has 4 heteroatoms. The smallest absolute Gasteiger partial charge is 0.125 e. The van der Waals surface area contributed by atoms with E-state index in [1.807, 2.05) is 0 Å². The molecule has 1 N–H and O–H groups in total. The van der Waals surface area contributed by atoms with E-state index >= 15 is 0 Å². The molecule has 0 amide bonds. The summed E-state index contributed by atoms with van der Waals surface area (Å²) in [5.41, 5.74) is 0.693. The molecule has 1 fully saturated rings. The van der Waals surface area contributed by atoms with Crippen molar-refractivity contribution in [3.05, 3.63) is 34.6 Å². The number of hydrogen-bond donors (Lipinski definition) is 1. The molecule has 1 aromatic rings. The first-order valence-corrected chi connectivity index (χ1v) is 5.28. The topological polar surface area (TPSA) is 29.5 Å². The van der Waals surface area contributed by atoms with Crippen molar-refractivity contribution < 1.29 is 14.2 Å². The zero-order valence-electron chi connectivity index (χ0n) is 8.12. The van der Waals surface area contributed by atoms with Gasteiger partial charge in [0, 0.05) is 18.1 Å². The second kappa shape index (κ2) is 4.47. The molecule has 0 radical (unpaired) electrons. The van der Waals surface area contributed by atoms with Crippen molar-refractivity contribution in [3.63, 3.8) is 0 Å². The monoisotopic (exact) mass is 230 g/mol. The minimum atomic E-state index is -0.374. The number of halogens is 2. The summed E-state index contributed by atoms with van der Waals surface area (Å²) >= 11 is 5.75. The molecular weight excluding hydrogens is 219 g/mol. The highest BCUT2D eigenvalue weighted by atomic mass is 35.5. The second-order valence-corrected chi connectivity index (χ2v) is 4.18. The van der Waals surface area contributed by atoms with Crippen molar-refractivity contribution in [2.75, 3.05) is 6.61 Å². The van der Waals surface area contributed by atoms with Gasteiger partial charge in [-0.15, -0.1) is 0 Å². The Bertz CT molecular complexity index is 336. The lowest BCUT2D eigenvalue weighted by molar-refractivity contribution is -0.0448. The van der Waals surface area contributed by atoms with Crippen LogP contribution in [0.25, 0.3) is 0 Å². The van der Waals surface area contributed by atoms with Crippen LogP contribution in [0.4, 0.5) is 4.39 Å². The summed E-state index contributed by atoms with van der Waals surface area (Å²) in [6.45, 7) is 0.500. The Morgan fingerprint density at radius 3 is 2.87 bits per heavy atom. The third-order valence-electron chi connectivity index (χ3n) is 2.51. The van der Waals surface area contributed by atoms with Crippen LogP contribution in [0.2, 0.25) is 5.02 Å². The summed E-state index contributed by atoms with van der Waals surface area (Å²) in [5.74, 6) is -0.374. The van der Waals surface area contributed by atoms with Crippen LogP contribution in [0.3, 0.4) is 0 Å². The number of aliphatic hydroxyl groups is 1. The highest BCUT2D eigenvalue weighted by Gasteiger charge is 2.22. The summed E-state index contributed by atoms with van der Waals surface area (Å²) in [4.78, 5) is 0. The van der Waals surface area contributed by atoms with Crippen molar-refractivity contribution in [3.8, 4) is 0 Å². The van der Waals surface area contributed by atoms with Crippen molar-refractivity contribution in [1.82, 2.24) is 0 Å². The number of rotatable bonds is 1. The lowest BCUT2D eigenvalue weighted by atomic mass is 9.99. The molecule has 0 saturated carbocycles. The minimum Gasteiger partial charge on any atom is -0.393 e. The van der Waals surface area contributed by atoms with Gasteiger partial charge in [-0.3, -0.25) is 0 Å². The molecule has 1 aliphatic rings. The van der Waals surface area contributed by atoms with E-state index in [1.54, 1.807) is 6.07 Å². The van der Waals surface area contributed by atoms with Gasteiger partial charge in [0.1, 0.15) is 5.82 Å². The Hall–Kier alpha value is -0.640. The van der Waals surface area contributed by atoms with Gasteiger partial charge in [0.2, 0.25) is 0 Å². The van der Waals surface area contributed by atoms with E-state index in [1.165, 1.54) is 12.1 Å². The fourth-order valence-corrected chi connectivity index (χ4v) is 2.00. The maximum atomic E-state index is 13.1. The second-order valence-electron chi connectivity index (χ2n) is 3.74. The van der Waals surface area contributed by atoms with Gasteiger partial charge >= 0.3 is 0 Å². The zero-order chi connectivity index (χ0) is 10.8. The van der Waals surface area contributed by atoms with Crippen molar-refractivity contribution in [2.45, 2.75) is 25.0 Å². The molecule has 0 aromatic heterocycles. The predicted octanol–water partition coefficient (Wildman–Crippen LogP) is 2.69. The summed E-state index contributed by atoms with van der Waals surface area (Å²) in [7, 11) is 0. The first-order chi connectivity index (χ1) is 7.15. The van der Waals surface area contributed by atoms with Gasteiger partial charge in [-0.05, 0) is 30.2 Å². The number of hydrogen-bond acceptors (Lipinski definition) is 2. The molecular formula is C11H12ClFO2. The molecule has 82 valence electrons. The van der Waals surface area contributed by atoms with Crippen LogP contribution in [-0.2, 0) is 4.74 Å². The molecule has 2 rings (SSSR count). The van der Waals surface area contributed by atoms with Gasteiger partial charge in [0.25, 0.3) is 0 Å². The first-order valence-electron chi connectivity index (χ1n) is 4.91. The molecule has 15 heavy (non-hydrogen) atoms. The Morgan fingerprint density at radius 1 is 1.40 bits per heavy atom. The Balaban J connectivity index is 2.20. The van der Waals surface area contributed by atoms with E-state index < -0.39 is 0 Å². The molecule has 2 atom stereocenters. The molecule has 0 spiro atoms. The van der Waals surface area contributed by atoms with Gasteiger partial charge in [0.15, 0.2) is 0 Å². The van der Waals surface area contributed by atoms with Crippen molar-refractivity contribution in [2.24, 2.45) is 0 Å². The third-order valence-corrected chi connectivity index (χ3v) is 2.73. The van der Waals surface area contributed by atoms with E-state index in [2.05, 4.69) is 0 Å². The van der Waals surface area contributed by atoms with Gasteiger partial charge in [-0.1, -0.05) is 11.6 Å². The summed E-state index contributed by atoms with van der Waals surface area (Å²) in [6.07, 6.45) is 0.520. The average Bonchev–Trinajstić information content (AvgIpc) is 2.16. The van der Waals surface area contributed by atoms with E-state index in [0.29, 0.717) is 30.0 Å². The fraction of sp³-hybridized carbons (Fsp3) is 0.455. The van der Waals surface area contributed by atoms with Crippen LogP contribution in [0.15, 0.2) is 18.2 Å². The molecule has 1 saturated heterocycles. The lowest BCUT2D eigenvalue weighted by Crippen LogP contribution is -2.23. The fourth-order valence-electron chi connectivity index (χ4n) is 1.77. The van der Waals surface area contributed by atoms with Crippen molar-refractivity contribution in [1.29, 1.82) is 0 Å².